The molecule has 2 aliphatic carbocycles. The van der Waals surface area contributed by atoms with E-state index in [1.165, 1.54) is 25.7 Å². The van der Waals surface area contributed by atoms with Gasteiger partial charge in [-0.1, -0.05) is 58.0 Å². The normalized spacial score (nSPS) is 40.9. The quantitative estimate of drug-likeness (QED) is 0.629. The van der Waals surface area contributed by atoms with Crippen LogP contribution in [0.25, 0.3) is 0 Å². The third-order valence-electron chi connectivity index (χ3n) is 6.02. The summed E-state index contributed by atoms with van der Waals surface area (Å²) in [6.07, 6.45) is 5.61. The molecule has 0 spiro atoms. The molecular formula is C19H28. The number of fused-ring (bicyclic) bond motifs is 2. The van der Waals surface area contributed by atoms with Gasteiger partial charge in [-0.25, -0.2) is 0 Å². The second-order valence-electron chi connectivity index (χ2n) is 8.20. The summed E-state index contributed by atoms with van der Waals surface area (Å²) >= 11 is 0. The smallest absolute Gasteiger partial charge is 0.00365 e. The van der Waals surface area contributed by atoms with Crippen LogP contribution in [0.2, 0.25) is 0 Å². The van der Waals surface area contributed by atoms with Gasteiger partial charge in [-0.3, -0.25) is 0 Å². The molecule has 1 aromatic rings. The van der Waals surface area contributed by atoms with Gasteiger partial charge in [0, 0.05) is 0 Å². The molecule has 0 heterocycles. The number of hydrogen-bond donors (Lipinski definition) is 0. The number of hydrogen-bond acceptors (Lipinski definition) is 0. The average molecular weight is 256 g/mol. The second kappa shape index (κ2) is 4.36. The van der Waals surface area contributed by atoms with Crippen molar-refractivity contribution in [3.8, 4) is 0 Å². The van der Waals surface area contributed by atoms with Crippen LogP contribution in [0.1, 0.15) is 58.9 Å². The van der Waals surface area contributed by atoms with Gasteiger partial charge in [-0.15, -0.1) is 0 Å². The summed E-state index contributed by atoms with van der Waals surface area (Å²) in [4.78, 5) is 0. The fourth-order valence-electron chi connectivity index (χ4n) is 5.27. The fourth-order valence-corrected chi connectivity index (χ4v) is 5.27. The minimum atomic E-state index is 0.458. The predicted molar refractivity (Wildman–Crippen MR) is 82.2 cm³/mol. The van der Waals surface area contributed by atoms with Gasteiger partial charge in [-0.05, 0) is 59.8 Å². The topological polar surface area (TPSA) is 0 Å². The first kappa shape index (κ1) is 13.2. The highest BCUT2D eigenvalue weighted by Crippen LogP contribution is 2.59. The van der Waals surface area contributed by atoms with Crippen molar-refractivity contribution in [2.45, 2.75) is 58.8 Å². The van der Waals surface area contributed by atoms with E-state index >= 15 is 0 Å². The molecule has 4 atom stereocenters. The van der Waals surface area contributed by atoms with Crippen molar-refractivity contribution in [3.05, 3.63) is 35.9 Å². The molecule has 2 aliphatic rings. The van der Waals surface area contributed by atoms with Crippen LogP contribution >= 0.6 is 0 Å². The molecule has 1 aromatic carbocycles. The van der Waals surface area contributed by atoms with E-state index in [-0.39, 0.29) is 0 Å². The molecule has 0 aromatic heterocycles. The van der Waals surface area contributed by atoms with E-state index in [1.807, 2.05) is 0 Å². The van der Waals surface area contributed by atoms with Crippen molar-refractivity contribution in [2.24, 2.45) is 23.2 Å². The molecule has 0 saturated heterocycles. The molecule has 2 fully saturated rings. The van der Waals surface area contributed by atoms with Crippen molar-refractivity contribution < 1.29 is 0 Å². The summed E-state index contributed by atoms with van der Waals surface area (Å²) in [7, 11) is 0. The third kappa shape index (κ3) is 2.24. The summed E-state index contributed by atoms with van der Waals surface area (Å²) in [5, 5.41) is 0. The standard InChI is InChI=1S/C19H28/c1-14-10-19(17-8-6-5-7-9-17)12-16(15(14)2)11-18(3,4)13-19/h5-9,14-16H,10-13H2,1-4H3. The summed E-state index contributed by atoms with van der Waals surface area (Å²) in [5.74, 6) is 2.69. The lowest BCUT2D eigenvalue weighted by Crippen LogP contribution is -2.48. The second-order valence-corrected chi connectivity index (χ2v) is 8.20. The van der Waals surface area contributed by atoms with Gasteiger partial charge in [0.1, 0.15) is 0 Å². The lowest BCUT2D eigenvalue weighted by atomic mass is 9.48. The maximum absolute atomic E-state index is 2.49. The van der Waals surface area contributed by atoms with Crippen molar-refractivity contribution in [3.63, 3.8) is 0 Å². The average Bonchev–Trinajstić information content (AvgIpc) is 2.35. The van der Waals surface area contributed by atoms with Crippen LogP contribution in [0.5, 0.6) is 0 Å². The van der Waals surface area contributed by atoms with E-state index in [0.717, 1.165) is 17.8 Å². The molecule has 3 rings (SSSR count). The highest BCUT2D eigenvalue weighted by atomic mass is 14.6. The van der Waals surface area contributed by atoms with E-state index in [9.17, 15) is 0 Å². The van der Waals surface area contributed by atoms with Crippen LogP contribution in [0.4, 0.5) is 0 Å². The highest BCUT2D eigenvalue weighted by Gasteiger charge is 2.51. The maximum Gasteiger partial charge on any atom is -0.00365 e. The van der Waals surface area contributed by atoms with Gasteiger partial charge in [0.2, 0.25) is 0 Å². The fraction of sp³-hybridized carbons (Fsp3) is 0.684. The first-order chi connectivity index (χ1) is 8.92. The van der Waals surface area contributed by atoms with Crippen molar-refractivity contribution in [1.82, 2.24) is 0 Å². The Labute approximate surface area is 118 Å². The molecule has 2 saturated carbocycles. The molecule has 0 nitrogen and oxygen atoms in total. The maximum atomic E-state index is 2.49. The zero-order chi connectivity index (χ0) is 13.7. The zero-order valence-electron chi connectivity index (χ0n) is 12.9. The van der Waals surface area contributed by atoms with Crippen LogP contribution < -0.4 is 0 Å². The van der Waals surface area contributed by atoms with Crippen molar-refractivity contribution in [1.29, 1.82) is 0 Å². The minimum absolute atomic E-state index is 0.458. The molecule has 0 N–H and O–H groups in total. The molecule has 0 radical (unpaired) electrons. The minimum Gasteiger partial charge on any atom is -0.0622 e. The third-order valence-corrected chi connectivity index (χ3v) is 6.02. The summed E-state index contributed by atoms with van der Waals surface area (Å²) in [5.41, 5.74) is 2.57. The highest BCUT2D eigenvalue weighted by molar-refractivity contribution is 5.28. The molecule has 0 heteroatoms. The molecule has 2 bridgehead atoms. The summed E-state index contributed by atoms with van der Waals surface area (Å²) in [6.45, 7) is 9.94. The van der Waals surface area contributed by atoms with E-state index in [4.69, 9.17) is 0 Å². The Morgan fingerprint density at radius 1 is 0.947 bits per heavy atom. The molecule has 19 heavy (non-hydrogen) atoms. The first-order valence-corrected chi connectivity index (χ1v) is 7.97. The zero-order valence-corrected chi connectivity index (χ0v) is 12.9. The Morgan fingerprint density at radius 3 is 2.32 bits per heavy atom. The largest absolute Gasteiger partial charge is 0.0622 e. The molecule has 4 unspecified atom stereocenters. The number of rotatable bonds is 1. The van der Waals surface area contributed by atoms with Crippen LogP contribution in [0, 0.1) is 23.2 Å². The lowest BCUT2D eigenvalue weighted by molar-refractivity contribution is -0.00721. The Bertz CT molecular complexity index is 440. The number of benzene rings is 1. The van der Waals surface area contributed by atoms with E-state index in [0.29, 0.717) is 10.8 Å². The molecule has 104 valence electrons. The van der Waals surface area contributed by atoms with E-state index in [1.54, 1.807) is 5.56 Å². The van der Waals surface area contributed by atoms with Crippen LogP contribution in [-0.4, -0.2) is 0 Å². The SMILES string of the molecule is CC1CC2(c3ccccc3)CC(CC(C)(C)C2)C1C. The van der Waals surface area contributed by atoms with Gasteiger partial charge >= 0.3 is 0 Å². The predicted octanol–water partition coefficient (Wildman–Crippen LogP) is 5.43. The van der Waals surface area contributed by atoms with Gasteiger partial charge in [0.15, 0.2) is 0 Å². The first-order valence-electron chi connectivity index (χ1n) is 7.97. The Kier molecular flexibility index (Phi) is 3.04. The molecular weight excluding hydrogens is 228 g/mol. The van der Waals surface area contributed by atoms with Crippen molar-refractivity contribution in [2.75, 3.05) is 0 Å². The van der Waals surface area contributed by atoms with Gasteiger partial charge < -0.3 is 0 Å². The summed E-state index contributed by atoms with van der Waals surface area (Å²) in [6, 6.07) is 11.4. The van der Waals surface area contributed by atoms with E-state index < -0.39 is 0 Å². The Hall–Kier alpha value is -0.780. The Morgan fingerprint density at radius 2 is 1.63 bits per heavy atom. The van der Waals surface area contributed by atoms with Gasteiger partial charge in [0.05, 0.1) is 0 Å². The molecule has 0 amide bonds. The van der Waals surface area contributed by atoms with Gasteiger partial charge in [-0.2, -0.15) is 0 Å². The van der Waals surface area contributed by atoms with Gasteiger partial charge in [0.25, 0.3) is 0 Å². The van der Waals surface area contributed by atoms with Crippen LogP contribution in [-0.2, 0) is 5.41 Å². The Balaban J connectivity index is 2.03. The van der Waals surface area contributed by atoms with Crippen LogP contribution in [0.3, 0.4) is 0 Å². The van der Waals surface area contributed by atoms with Crippen molar-refractivity contribution >= 4 is 0 Å². The van der Waals surface area contributed by atoms with Crippen LogP contribution in [0.15, 0.2) is 30.3 Å². The lowest BCUT2D eigenvalue weighted by Gasteiger charge is -2.56. The molecule has 0 aliphatic heterocycles. The monoisotopic (exact) mass is 256 g/mol. The van der Waals surface area contributed by atoms with E-state index in [2.05, 4.69) is 58.0 Å². The summed E-state index contributed by atoms with van der Waals surface area (Å²) < 4.78 is 0.